The van der Waals surface area contributed by atoms with E-state index in [-0.39, 0.29) is 6.61 Å². The van der Waals surface area contributed by atoms with Crippen LogP contribution < -0.4 is 0 Å². The quantitative estimate of drug-likeness (QED) is 0.724. The van der Waals surface area contributed by atoms with E-state index in [9.17, 15) is 0 Å². The summed E-state index contributed by atoms with van der Waals surface area (Å²) in [6, 6.07) is 10.1. The molecule has 0 bridgehead atoms. The molecule has 0 spiro atoms. The van der Waals surface area contributed by atoms with Crippen molar-refractivity contribution in [1.82, 2.24) is 0 Å². The van der Waals surface area contributed by atoms with Crippen molar-refractivity contribution in [3.63, 3.8) is 0 Å². The van der Waals surface area contributed by atoms with Crippen LogP contribution in [0.25, 0.3) is 6.08 Å². The van der Waals surface area contributed by atoms with Crippen LogP contribution in [0.5, 0.6) is 0 Å². The Labute approximate surface area is 94.6 Å². The molecule has 0 aliphatic heterocycles. The Morgan fingerprint density at radius 1 is 1.27 bits per heavy atom. The molecular formula is C12H16O2S. The monoisotopic (exact) mass is 224 g/mol. The average molecular weight is 224 g/mol. The van der Waals surface area contributed by atoms with Crippen LogP contribution in [-0.2, 0) is 0 Å². The summed E-state index contributed by atoms with van der Waals surface area (Å²) in [5, 5.41) is 17.7. The molecule has 3 heteroatoms. The van der Waals surface area contributed by atoms with Gasteiger partial charge in [0.2, 0.25) is 0 Å². The number of rotatable bonds is 6. The maximum Gasteiger partial charge on any atom is 0.0861 e. The van der Waals surface area contributed by atoms with E-state index in [0.29, 0.717) is 5.75 Å². The normalized spacial score (nSPS) is 13.2. The van der Waals surface area contributed by atoms with Gasteiger partial charge in [-0.05, 0) is 5.56 Å². The lowest BCUT2D eigenvalue weighted by Crippen LogP contribution is -2.14. The highest BCUT2D eigenvalue weighted by Gasteiger charge is 1.99. The number of thioether (sulfide) groups is 1. The molecule has 82 valence electrons. The fourth-order valence-electron chi connectivity index (χ4n) is 1.07. The fourth-order valence-corrected chi connectivity index (χ4v) is 1.82. The van der Waals surface area contributed by atoms with Crippen molar-refractivity contribution in [3.8, 4) is 0 Å². The summed E-state index contributed by atoms with van der Waals surface area (Å²) in [6.45, 7) is -0.157. The van der Waals surface area contributed by atoms with Crippen molar-refractivity contribution < 1.29 is 10.2 Å². The molecule has 0 fully saturated rings. The van der Waals surface area contributed by atoms with Gasteiger partial charge in [0.15, 0.2) is 0 Å². The molecule has 1 aromatic rings. The van der Waals surface area contributed by atoms with Crippen LogP contribution in [0.4, 0.5) is 0 Å². The average Bonchev–Trinajstić information content (AvgIpc) is 2.29. The van der Waals surface area contributed by atoms with Gasteiger partial charge >= 0.3 is 0 Å². The number of hydrogen-bond acceptors (Lipinski definition) is 3. The molecule has 0 aliphatic rings. The largest absolute Gasteiger partial charge is 0.394 e. The minimum absolute atomic E-state index is 0.157. The van der Waals surface area contributed by atoms with Gasteiger partial charge in [-0.15, -0.1) is 0 Å². The minimum Gasteiger partial charge on any atom is -0.394 e. The molecule has 1 aromatic carbocycles. The van der Waals surface area contributed by atoms with E-state index in [1.54, 1.807) is 11.8 Å². The summed E-state index contributed by atoms with van der Waals surface area (Å²) >= 11 is 1.61. The summed E-state index contributed by atoms with van der Waals surface area (Å²) in [5.74, 6) is 1.43. The fraction of sp³-hybridized carbons (Fsp3) is 0.333. The molecule has 0 amide bonds. The maximum absolute atomic E-state index is 9.08. The van der Waals surface area contributed by atoms with Crippen LogP contribution in [0.1, 0.15) is 5.56 Å². The van der Waals surface area contributed by atoms with Gasteiger partial charge < -0.3 is 10.2 Å². The van der Waals surface area contributed by atoms with Gasteiger partial charge in [-0.3, -0.25) is 0 Å². The number of hydrogen-bond donors (Lipinski definition) is 2. The number of aliphatic hydroxyl groups excluding tert-OH is 2. The van der Waals surface area contributed by atoms with Crippen LogP contribution >= 0.6 is 11.8 Å². The predicted octanol–water partition coefficient (Wildman–Crippen LogP) is 1.79. The molecule has 0 radical (unpaired) electrons. The highest BCUT2D eigenvalue weighted by Crippen LogP contribution is 2.06. The van der Waals surface area contributed by atoms with Crippen molar-refractivity contribution in [1.29, 1.82) is 0 Å². The lowest BCUT2D eigenvalue weighted by Gasteiger charge is -2.03. The maximum atomic E-state index is 9.08. The predicted molar refractivity (Wildman–Crippen MR) is 65.9 cm³/mol. The number of aliphatic hydroxyl groups is 2. The summed E-state index contributed by atoms with van der Waals surface area (Å²) in [6.07, 6.45) is 3.52. The molecule has 0 aromatic heterocycles. The van der Waals surface area contributed by atoms with Gasteiger partial charge in [-0.1, -0.05) is 42.5 Å². The molecule has 2 nitrogen and oxygen atoms in total. The molecule has 0 unspecified atom stereocenters. The van der Waals surface area contributed by atoms with Crippen LogP contribution in [0.15, 0.2) is 36.4 Å². The van der Waals surface area contributed by atoms with E-state index >= 15 is 0 Å². The molecular weight excluding hydrogens is 208 g/mol. The van der Waals surface area contributed by atoms with Crippen molar-refractivity contribution >= 4 is 17.8 Å². The third-order valence-electron chi connectivity index (χ3n) is 1.84. The first-order valence-corrected chi connectivity index (χ1v) is 6.06. The first kappa shape index (κ1) is 12.3. The van der Waals surface area contributed by atoms with Crippen LogP contribution in [-0.4, -0.2) is 34.4 Å². The Kier molecular flexibility index (Phi) is 6.16. The first-order valence-electron chi connectivity index (χ1n) is 4.91. The third kappa shape index (κ3) is 5.62. The van der Waals surface area contributed by atoms with Gasteiger partial charge in [-0.25, -0.2) is 0 Å². The molecule has 15 heavy (non-hydrogen) atoms. The molecule has 1 rings (SSSR count). The zero-order chi connectivity index (χ0) is 10.9. The lowest BCUT2D eigenvalue weighted by atomic mass is 10.2. The Balaban J connectivity index is 2.18. The Bertz CT molecular complexity index is 285. The topological polar surface area (TPSA) is 40.5 Å². The Morgan fingerprint density at radius 3 is 2.67 bits per heavy atom. The molecule has 0 saturated heterocycles. The van der Waals surface area contributed by atoms with Crippen molar-refractivity contribution in [2.75, 3.05) is 18.1 Å². The van der Waals surface area contributed by atoms with E-state index in [1.165, 1.54) is 5.56 Å². The zero-order valence-electron chi connectivity index (χ0n) is 8.54. The summed E-state index contributed by atoms with van der Waals surface area (Å²) in [7, 11) is 0. The lowest BCUT2D eigenvalue weighted by molar-refractivity contribution is 0.113. The second kappa shape index (κ2) is 7.51. The van der Waals surface area contributed by atoms with Crippen LogP contribution in [0.2, 0.25) is 0 Å². The Hall–Kier alpha value is -0.770. The highest BCUT2D eigenvalue weighted by molar-refractivity contribution is 7.99. The van der Waals surface area contributed by atoms with Crippen LogP contribution in [0.3, 0.4) is 0 Å². The van der Waals surface area contributed by atoms with Gasteiger partial charge in [0.1, 0.15) is 0 Å². The summed E-state index contributed by atoms with van der Waals surface area (Å²) in [5.41, 5.74) is 1.18. The molecule has 0 aliphatic carbocycles. The second-order valence-electron chi connectivity index (χ2n) is 3.19. The van der Waals surface area contributed by atoms with Gasteiger partial charge in [-0.2, -0.15) is 11.8 Å². The highest BCUT2D eigenvalue weighted by atomic mass is 32.2. The van der Waals surface area contributed by atoms with Crippen LogP contribution in [0, 0.1) is 0 Å². The Morgan fingerprint density at radius 2 is 2.00 bits per heavy atom. The van der Waals surface area contributed by atoms with Gasteiger partial charge in [0.25, 0.3) is 0 Å². The second-order valence-corrected chi connectivity index (χ2v) is 4.26. The zero-order valence-corrected chi connectivity index (χ0v) is 9.36. The molecule has 2 N–H and O–H groups in total. The SMILES string of the molecule is OC[C@@H](O)CSC/C=C\c1ccccc1. The van der Waals surface area contributed by atoms with E-state index in [0.717, 1.165) is 5.75 Å². The van der Waals surface area contributed by atoms with E-state index in [2.05, 4.69) is 12.2 Å². The summed E-state index contributed by atoms with van der Waals surface area (Å²) in [4.78, 5) is 0. The van der Waals surface area contributed by atoms with E-state index < -0.39 is 6.10 Å². The van der Waals surface area contributed by atoms with Crippen molar-refractivity contribution in [2.24, 2.45) is 0 Å². The van der Waals surface area contributed by atoms with E-state index in [1.807, 2.05) is 30.3 Å². The van der Waals surface area contributed by atoms with E-state index in [4.69, 9.17) is 10.2 Å². The van der Waals surface area contributed by atoms with Gasteiger partial charge in [0, 0.05) is 11.5 Å². The molecule has 0 heterocycles. The van der Waals surface area contributed by atoms with Crippen molar-refractivity contribution in [2.45, 2.75) is 6.10 Å². The standard InChI is InChI=1S/C12H16O2S/c13-9-12(14)10-15-8-4-7-11-5-2-1-3-6-11/h1-7,12-14H,8-10H2/b7-4-/t12-/m1/s1. The molecule has 0 saturated carbocycles. The minimum atomic E-state index is -0.597. The number of benzene rings is 1. The van der Waals surface area contributed by atoms with Gasteiger partial charge in [0.05, 0.1) is 12.7 Å². The first-order chi connectivity index (χ1) is 7.33. The smallest absolute Gasteiger partial charge is 0.0861 e. The third-order valence-corrected chi connectivity index (χ3v) is 2.89. The summed E-state index contributed by atoms with van der Waals surface area (Å²) < 4.78 is 0. The molecule has 1 atom stereocenters. The van der Waals surface area contributed by atoms with Crippen molar-refractivity contribution in [3.05, 3.63) is 42.0 Å².